The summed E-state index contributed by atoms with van der Waals surface area (Å²) < 4.78 is 5.68. The van der Waals surface area contributed by atoms with Crippen molar-refractivity contribution in [3.05, 3.63) is 0 Å². The minimum absolute atomic E-state index is 0.000692. The highest BCUT2D eigenvalue weighted by Crippen LogP contribution is 2.28. The van der Waals surface area contributed by atoms with Gasteiger partial charge in [-0.05, 0) is 46.2 Å². The first-order valence-corrected chi connectivity index (χ1v) is 6.70. The lowest BCUT2D eigenvalue weighted by Crippen LogP contribution is -2.46. The first kappa shape index (κ1) is 12.8. The minimum Gasteiger partial charge on any atom is -0.462 e. The molecule has 2 fully saturated rings. The molecule has 2 heterocycles. The third-order valence-corrected chi connectivity index (χ3v) is 4.03. The molecule has 0 aromatic carbocycles. The highest BCUT2D eigenvalue weighted by Gasteiger charge is 2.37. The molecule has 2 rings (SSSR count). The van der Waals surface area contributed by atoms with Gasteiger partial charge >= 0.3 is 5.97 Å². The second kappa shape index (κ2) is 5.36. The van der Waals surface area contributed by atoms with Gasteiger partial charge in [0.25, 0.3) is 0 Å². The molecule has 0 saturated carbocycles. The first-order chi connectivity index (χ1) is 8.10. The zero-order chi connectivity index (χ0) is 12.3. The number of nitrogens with zero attached hydrogens (tertiary/aromatic N) is 1. The normalized spacial score (nSPS) is 32.4. The van der Waals surface area contributed by atoms with Crippen molar-refractivity contribution in [3.63, 3.8) is 0 Å². The maximum Gasteiger partial charge on any atom is 0.313 e. The summed E-state index contributed by atoms with van der Waals surface area (Å²) in [6.45, 7) is 5.88. The number of rotatable bonds is 2. The summed E-state index contributed by atoms with van der Waals surface area (Å²) in [6, 6.07) is 0. The van der Waals surface area contributed by atoms with Gasteiger partial charge in [-0.2, -0.15) is 0 Å². The minimum atomic E-state index is -0.304. The van der Waals surface area contributed by atoms with Crippen LogP contribution in [-0.4, -0.2) is 50.2 Å². The van der Waals surface area contributed by atoms with E-state index in [4.69, 9.17) is 4.74 Å². The van der Waals surface area contributed by atoms with E-state index < -0.39 is 0 Å². The molecule has 2 saturated heterocycles. The van der Waals surface area contributed by atoms with Crippen LogP contribution in [0.2, 0.25) is 0 Å². The van der Waals surface area contributed by atoms with Gasteiger partial charge in [0.05, 0.1) is 5.41 Å². The molecule has 4 heteroatoms. The third kappa shape index (κ3) is 3.19. The summed E-state index contributed by atoms with van der Waals surface area (Å²) in [7, 11) is 2.12. The summed E-state index contributed by atoms with van der Waals surface area (Å²) in [6.07, 6.45) is 4.11. The Balaban J connectivity index is 1.83. The van der Waals surface area contributed by atoms with E-state index in [-0.39, 0.29) is 17.5 Å². The van der Waals surface area contributed by atoms with Crippen molar-refractivity contribution in [3.8, 4) is 0 Å². The van der Waals surface area contributed by atoms with Crippen LogP contribution in [0.4, 0.5) is 0 Å². The van der Waals surface area contributed by atoms with Gasteiger partial charge in [0, 0.05) is 19.6 Å². The standard InChI is InChI=1S/C13H24N2O2/c1-13(6-3-7-14-10-13)12(16)17-11-4-8-15(2)9-5-11/h11,14H,3-10H2,1-2H3. The molecule has 0 aromatic rings. The Morgan fingerprint density at radius 1 is 1.41 bits per heavy atom. The quantitative estimate of drug-likeness (QED) is 0.732. The van der Waals surface area contributed by atoms with E-state index in [1.54, 1.807) is 0 Å². The van der Waals surface area contributed by atoms with Crippen LogP contribution in [0.5, 0.6) is 0 Å². The average molecular weight is 240 g/mol. The van der Waals surface area contributed by atoms with Crippen LogP contribution in [0.3, 0.4) is 0 Å². The van der Waals surface area contributed by atoms with Crippen LogP contribution in [0.15, 0.2) is 0 Å². The number of carbonyl (C=O) groups is 1. The van der Waals surface area contributed by atoms with Crippen molar-refractivity contribution in [1.82, 2.24) is 10.2 Å². The van der Waals surface area contributed by atoms with Gasteiger partial charge < -0.3 is 15.0 Å². The van der Waals surface area contributed by atoms with Crippen LogP contribution in [-0.2, 0) is 9.53 Å². The van der Waals surface area contributed by atoms with Gasteiger partial charge in [-0.3, -0.25) is 4.79 Å². The lowest BCUT2D eigenvalue weighted by molar-refractivity contribution is -0.163. The van der Waals surface area contributed by atoms with Gasteiger partial charge in [0.15, 0.2) is 0 Å². The number of hydrogen-bond acceptors (Lipinski definition) is 4. The SMILES string of the molecule is CN1CCC(OC(=O)C2(C)CCCNC2)CC1. The smallest absolute Gasteiger partial charge is 0.313 e. The fourth-order valence-electron chi connectivity index (χ4n) is 2.63. The fourth-order valence-corrected chi connectivity index (χ4v) is 2.63. The molecule has 0 bridgehead atoms. The highest BCUT2D eigenvalue weighted by atomic mass is 16.5. The van der Waals surface area contributed by atoms with Crippen LogP contribution < -0.4 is 5.32 Å². The monoisotopic (exact) mass is 240 g/mol. The number of esters is 1. The molecule has 1 N–H and O–H groups in total. The van der Waals surface area contributed by atoms with E-state index in [1.165, 1.54) is 0 Å². The number of carbonyl (C=O) groups excluding carboxylic acids is 1. The van der Waals surface area contributed by atoms with Crippen LogP contribution in [0, 0.1) is 5.41 Å². The Labute approximate surface area is 104 Å². The molecule has 2 aliphatic rings. The summed E-state index contributed by atoms with van der Waals surface area (Å²) in [5.41, 5.74) is -0.304. The molecule has 0 aromatic heterocycles. The lowest BCUT2D eigenvalue weighted by atomic mass is 9.83. The van der Waals surface area contributed by atoms with E-state index in [9.17, 15) is 4.79 Å². The molecule has 4 nitrogen and oxygen atoms in total. The predicted octanol–water partition coefficient (Wildman–Crippen LogP) is 1.01. The molecule has 2 aliphatic heterocycles. The Bertz CT molecular complexity index is 267. The molecule has 0 spiro atoms. The zero-order valence-electron chi connectivity index (χ0n) is 11.0. The molecule has 0 radical (unpaired) electrons. The molecular formula is C13H24N2O2. The molecule has 0 aliphatic carbocycles. The number of piperidine rings is 2. The second-order valence-corrected chi connectivity index (χ2v) is 5.75. The van der Waals surface area contributed by atoms with Crippen LogP contribution >= 0.6 is 0 Å². The topological polar surface area (TPSA) is 41.6 Å². The maximum atomic E-state index is 12.2. The van der Waals surface area contributed by atoms with Gasteiger partial charge in [-0.15, -0.1) is 0 Å². The van der Waals surface area contributed by atoms with E-state index in [0.717, 1.165) is 51.9 Å². The van der Waals surface area contributed by atoms with Crippen molar-refractivity contribution >= 4 is 5.97 Å². The Kier molecular flexibility index (Phi) is 4.05. The van der Waals surface area contributed by atoms with Crippen molar-refractivity contribution in [1.29, 1.82) is 0 Å². The summed E-state index contributed by atoms with van der Waals surface area (Å²) in [4.78, 5) is 14.5. The molecular weight excluding hydrogens is 216 g/mol. The molecule has 0 amide bonds. The van der Waals surface area contributed by atoms with E-state index in [2.05, 4.69) is 17.3 Å². The maximum absolute atomic E-state index is 12.2. The molecule has 98 valence electrons. The largest absolute Gasteiger partial charge is 0.462 e. The van der Waals surface area contributed by atoms with E-state index in [1.807, 2.05) is 6.92 Å². The Morgan fingerprint density at radius 2 is 2.12 bits per heavy atom. The lowest BCUT2D eigenvalue weighted by Gasteiger charge is -2.35. The zero-order valence-corrected chi connectivity index (χ0v) is 11.0. The van der Waals surface area contributed by atoms with Crippen LogP contribution in [0.25, 0.3) is 0 Å². The van der Waals surface area contributed by atoms with Gasteiger partial charge in [0.1, 0.15) is 6.10 Å². The molecule has 17 heavy (non-hydrogen) atoms. The second-order valence-electron chi connectivity index (χ2n) is 5.75. The highest BCUT2D eigenvalue weighted by molar-refractivity contribution is 5.77. The number of nitrogens with one attached hydrogen (secondary N) is 1. The number of likely N-dealkylation sites (tertiary alicyclic amines) is 1. The first-order valence-electron chi connectivity index (χ1n) is 6.70. The predicted molar refractivity (Wildman–Crippen MR) is 66.8 cm³/mol. The van der Waals surface area contributed by atoms with Crippen LogP contribution in [0.1, 0.15) is 32.6 Å². The van der Waals surface area contributed by atoms with Crippen molar-refractivity contribution < 1.29 is 9.53 Å². The van der Waals surface area contributed by atoms with Crippen molar-refractivity contribution in [2.24, 2.45) is 5.41 Å². The average Bonchev–Trinajstić information content (AvgIpc) is 2.33. The van der Waals surface area contributed by atoms with Gasteiger partial charge in [-0.1, -0.05) is 0 Å². The van der Waals surface area contributed by atoms with Gasteiger partial charge in [-0.25, -0.2) is 0 Å². The number of hydrogen-bond donors (Lipinski definition) is 1. The van der Waals surface area contributed by atoms with Gasteiger partial charge in [0.2, 0.25) is 0 Å². The van der Waals surface area contributed by atoms with Crippen molar-refractivity contribution in [2.45, 2.75) is 38.7 Å². The summed E-state index contributed by atoms with van der Waals surface area (Å²) in [5, 5.41) is 3.29. The van der Waals surface area contributed by atoms with E-state index >= 15 is 0 Å². The molecule has 1 unspecified atom stereocenters. The summed E-state index contributed by atoms with van der Waals surface area (Å²) in [5.74, 6) is -0.000692. The Morgan fingerprint density at radius 3 is 2.71 bits per heavy atom. The fraction of sp³-hybridized carbons (Fsp3) is 0.923. The third-order valence-electron chi connectivity index (χ3n) is 4.03. The van der Waals surface area contributed by atoms with E-state index in [0.29, 0.717) is 0 Å². The van der Waals surface area contributed by atoms with Crippen molar-refractivity contribution in [2.75, 3.05) is 33.2 Å². The molecule has 1 atom stereocenters. The Hall–Kier alpha value is -0.610. The number of ether oxygens (including phenoxy) is 1. The summed E-state index contributed by atoms with van der Waals surface area (Å²) >= 11 is 0.